The van der Waals surface area contributed by atoms with E-state index < -0.39 is 0 Å². The van der Waals surface area contributed by atoms with Gasteiger partial charge >= 0.3 is 0 Å². The lowest BCUT2D eigenvalue weighted by Crippen LogP contribution is -1.94. The van der Waals surface area contributed by atoms with E-state index >= 15 is 0 Å². The highest BCUT2D eigenvalue weighted by Crippen LogP contribution is 2.32. The lowest BCUT2D eigenvalue weighted by Gasteiger charge is -2.06. The van der Waals surface area contributed by atoms with Gasteiger partial charge in [-0.3, -0.25) is 0 Å². The molecule has 0 aliphatic rings. The van der Waals surface area contributed by atoms with Gasteiger partial charge in [-0.05, 0) is 50.1 Å². The zero-order valence-electron chi connectivity index (χ0n) is 6.31. The molecule has 1 nitrogen and oxygen atoms in total. The number of halogens is 2. The summed E-state index contributed by atoms with van der Waals surface area (Å²) in [5, 5.41) is 0. The molecule has 0 atom stereocenters. The molecule has 0 heterocycles. The third-order valence-electron chi connectivity index (χ3n) is 1.20. The van der Waals surface area contributed by atoms with Gasteiger partial charge in [0.1, 0.15) is 12.4 Å². The summed E-state index contributed by atoms with van der Waals surface area (Å²) in [6.07, 6.45) is 1.70. The molecule has 0 aliphatic heterocycles. The molecule has 0 spiro atoms. The van der Waals surface area contributed by atoms with Crippen LogP contribution in [0.4, 0.5) is 0 Å². The van der Waals surface area contributed by atoms with Crippen molar-refractivity contribution in [2.45, 2.75) is 0 Å². The van der Waals surface area contributed by atoms with Crippen molar-refractivity contribution in [1.29, 1.82) is 0 Å². The van der Waals surface area contributed by atoms with Crippen LogP contribution < -0.4 is 4.74 Å². The first-order chi connectivity index (χ1) is 5.75. The summed E-state index contributed by atoms with van der Waals surface area (Å²) >= 11 is 6.71. The zero-order chi connectivity index (χ0) is 8.97. The van der Waals surface area contributed by atoms with E-state index in [4.69, 9.17) is 4.74 Å². The van der Waals surface area contributed by atoms with Crippen LogP contribution in [0.5, 0.6) is 5.75 Å². The first kappa shape index (κ1) is 9.81. The van der Waals surface area contributed by atoms with Gasteiger partial charge in [-0.15, -0.1) is 0 Å². The number of hydrogen-bond acceptors (Lipinski definition) is 1. The number of hydrogen-bond donors (Lipinski definition) is 0. The summed E-state index contributed by atoms with van der Waals surface area (Å²) < 4.78 is 7.16. The smallest absolute Gasteiger partial charge is 0.148 e. The Hall–Kier alpha value is -0.280. The predicted molar refractivity (Wildman–Crippen MR) is 56.4 cm³/mol. The predicted octanol–water partition coefficient (Wildman–Crippen LogP) is 3.58. The highest BCUT2D eigenvalue weighted by molar-refractivity contribution is 9.11. The molecule has 3 heteroatoms. The molecule has 0 unspecified atom stereocenters. The van der Waals surface area contributed by atoms with Crippen LogP contribution in [0.15, 0.2) is 33.7 Å². The molecule has 0 saturated heterocycles. The Morgan fingerprint density at radius 3 is 2.50 bits per heavy atom. The standard InChI is InChI=1S/C9H7Br2O/c1-2-6-12-9-7(10)4-3-5-8(9)11/h2,4-5H,1,6H2. The van der Waals surface area contributed by atoms with E-state index in [0.717, 1.165) is 14.7 Å². The van der Waals surface area contributed by atoms with Crippen molar-refractivity contribution < 1.29 is 4.74 Å². The SMILES string of the molecule is C=CCOc1c(Br)c[c]cc1Br. The van der Waals surface area contributed by atoms with E-state index in [0.29, 0.717) is 6.61 Å². The Balaban J connectivity index is 2.88. The number of rotatable bonds is 3. The topological polar surface area (TPSA) is 9.23 Å². The van der Waals surface area contributed by atoms with Gasteiger partial charge in [0.15, 0.2) is 0 Å². The number of ether oxygens (including phenoxy) is 1. The van der Waals surface area contributed by atoms with Crippen molar-refractivity contribution in [2.24, 2.45) is 0 Å². The minimum absolute atomic E-state index is 0.501. The molecule has 0 N–H and O–H groups in total. The second-order valence-electron chi connectivity index (χ2n) is 2.08. The fourth-order valence-electron chi connectivity index (χ4n) is 0.713. The van der Waals surface area contributed by atoms with Crippen molar-refractivity contribution in [2.75, 3.05) is 6.61 Å². The maximum Gasteiger partial charge on any atom is 0.148 e. The molecule has 0 aliphatic carbocycles. The van der Waals surface area contributed by atoms with E-state index in [1.54, 1.807) is 6.08 Å². The van der Waals surface area contributed by atoms with Crippen LogP contribution >= 0.6 is 31.9 Å². The number of benzene rings is 1. The lowest BCUT2D eigenvalue weighted by atomic mass is 10.3. The van der Waals surface area contributed by atoms with Gasteiger partial charge in [-0.25, -0.2) is 0 Å². The van der Waals surface area contributed by atoms with Crippen molar-refractivity contribution in [1.82, 2.24) is 0 Å². The molecule has 1 aromatic rings. The van der Waals surface area contributed by atoms with Gasteiger partial charge in [-0.2, -0.15) is 0 Å². The average molecular weight is 291 g/mol. The van der Waals surface area contributed by atoms with Crippen molar-refractivity contribution >= 4 is 31.9 Å². The van der Waals surface area contributed by atoms with Gasteiger partial charge < -0.3 is 4.74 Å². The van der Waals surface area contributed by atoms with Crippen LogP contribution in [0.1, 0.15) is 0 Å². The molecular formula is C9H7Br2O. The second kappa shape index (κ2) is 4.67. The molecular weight excluding hydrogens is 284 g/mol. The average Bonchev–Trinajstić information content (AvgIpc) is 2.04. The minimum Gasteiger partial charge on any atom is -0.487 e. The molecule has 1 aromatic carbocycles. The monoisotopic (exact) mass is 289 g/mol. The molecule has 0 fully saturated rings. The van der Waals surface area contributed by atoms with Gasteiger partial charge in [-0.1, -0.05) is 12.7 Å². The van der Waals surface area contributed by atoms with Gasteiger partial charge in [0.2, 0.25) is 0 Å². The van der Waals surface area contributed by atoms with E-state index in [-0.39, 0.29) is 0 Å². The van der Waals surface area contributed by atoms with E-state index in [2.05, 4.69) is 44.5 Å². The summed E-state index contributed by atoms with van der Waals surface area (Å²) in [5.74, 6) is 0.786. The van der Waals surface area contributed by atoms with E-state index in [1.165, 1.54) is 0 Å². The summed E-state index contributed by atoms with van der Waals surface area (Å²) in [5.41, 5.74) is 0. The third kappa shape index (κ3) is 2.35. The second-order valence-corrected chi connectivity index (χ2v) is 3.79. The fourth-order valence-corrected chi connectivity index (χ4v) is 1.90. The highest BCUT2D eigenvalue weighted by atomic mass is 79.9. The highest BCUT2D eigenvalue weighted by Gasteiger charge is 2.03. The molecule has 0 saturated carbocycles. The van der Waals surface area contributed by atoms with Crippen LogP contribution in [-0.4, -0.2) is 6.61 Å². The molecule has 1 radical (unpaired) electrons. The quantitative estimate of drug-likeness (QED) is 0.773. The minimum atomic E-state index is 0.501. The fraction of sp³-hybridized carbons (Fsp3) is 0.111. The summed E-state index contributed by atoms with van der Waals surface area (Å²) in [4.78, 5) is 0. The summed E-state index contributed by atoms with van der Waals surface area (Å²) in [6, 6.07) is 6.56. The lowest BCUT2D eigenvalue weighted by molar-refractivity contribution is 0.358. The first-order valence-electron chi connectivity index (χ1n) is 3.34. The third-order valence-corrected chi connectivity index (χ3v) is 2.38. The van der Waals surface area contributed by atoms with Gasteiger partial charge in [0.25, 0.3) is 0 Å². The van der Waals surface area contributed by atoms with Gasteiger partial charge in [0, 0.05) is 0 Å². The Kier molecular flexibility index (Phi) is 3.82. The van der Waals surface area contributed by atoms with E-state index in [9.17, 15) is 0 Å². The molecule has 0 aromatic heterocycles. The van der Waals surface area contributed by atoms with Gasteiger partial charge in [0.05, 0.1) is 8.95 Å². The van der Waals surface area contributed by atoms with Crippen LogP contribution in [0.25, 0.3) is 0 Å². The van der Waals surface area contributed by atoms with Crippen molar-refractivity contribution in [3.8, 4) is 5.75 Å². The molecule has 0 bridgehead atoms. The van der Waals surface area contributed by atoms with Crippen LogP contribution in [-0.2, 0) is 0 Å². The molecule has 12 heavy (non-hydrogen) atoms. The maximum atomic E-state index is 5.38. The summed E-state index contributed by atoms with van der Waals surface area (Å²) in [6.45, 7) is 4.07. The first-order valence-corrected chi connectivity index (χ1v) is 4.93. The van der Waals surface area contributed by atoms with Crippen molar-refractivity contribution in [3.63, 3.8) is 0 Å². The Bertz CT molecular complexity index is 264. The maximum absolute atomic E-state index is 5.38. The largest absolute Gasteiger partial charge is 0.487 e. The molecule has 0 amide bonds. The Morgan fingerprint density at radius 2 is 2.00 bits per heavy atom. The van der Waals surface area contributed by atoms with Crippen molar-refractivity contribution in [3.05, 3.63) is 39.8 Å². The molecule has 63 valence electrons. The van der Waals surface area contributed by atoms with Crippen LogP contribution in [0.3, 0.4) is 0 Å². The van der Waals surface area contributed by atoms with Crippen LogP contribution in [0, 0.1) is 6.07 Å². The zero-order valence-corrected chi connectivity index (χ0v) is 9.48. The Labute approximate surface area is 88.7 Å². The normalized spacial score (nSPS) is 9.50. The van der Waals surface area contributed by atoms with E-state index in [1.807, 2.05) is 12.1 Å². The Morgan fingerprint density at radius 1 is 1.42 bits per heavy atom. The molecule has 1 rings (SSSR count). The van der Waals surface area contributed by atoms with Crippen LogP contribution in [0.2, 0.25) is 0 Å². The summed E-state index contributed by atoms with van der Waals surface area (Å²) in [7, 11) is 0.